The first-order valence-corrected chi connectivity index (χ1v) is 18.6. The van der Waals surface area contributed by atoms with Gasteiger partial charge in [-0.3, -0.25) is 4.90 Å². The first-order valence-electron chi connectivity index (χ1n) is 18.6. The van der Waals surface area contributed by atoms with Gasteiger partial charge < -0.3 is 14.6 Å². The Morgan fingerprint density at radius 2 is 1.14 bits per heavy atom. The molecule has 0 saturated carbocycles. The van der Waals surface area contributed by atoms with Crippen LogP contribution in [0.2, 0.25) is 0 Å². The van der Waals surface area contributed by atoms with Crippen molar-refractivity contribution >= 4 is 6.09 Å². The summed E-state index contributed by atoms with van der Waals surface area (Å²) < 4.78 is 11.4. The summed E-state index contributed by atoms with van der Waals surface area (Å²) in [5.41, 5.74) is -1.39. The number of rotatable bonds is 26. The van der Waals surface area contributed by atoms with Gasteiger partial charge >= 0.3 is 6.09 Å². The summed E-state index contributed by atoms with van der Waals surface area (Å²) in [4.78, 5) is 14.3. The number of carbonyl (C=O) groups is 1. The third-order valence-corrected chi connectivity index (χ3v) is 8.81. The van der Waals surface area contributed by atoms with Crippen molar-refractivity contribution < 1.29 is 19.4 Å². The van der Waals surface area contributed by atoms with Crippen LogP contribution in [0.15, 0.2) is 12.2 Å². The van der Waals surface area contributed by atoms with Gasteiger partial charge in [-0.15, -0.1) is 0 Å². The standard InChI is InChI=1S/C38H73NO4/c1-7-8-9-10-11-12-13-14-15-16-17-18-19-20-21-22-23-24-25-26-27-28-29-30-31-32-35(40)34-33-42-38(5,6)39(34)36(41)43-37(2,3)4/h31-32,34-35,40H,7-30,33H2,1-6H3/b32-31+/t34-,35+/m0/s1. The second-order valence-electron chi connectivity index (χ2n) is 14.7. The van der Waals surface area contributed by atoms with Crippen LogP contribution < -0.4 is 0 Å². The quantitative estimate of drug-likeness (QED) is 0.0785. The van der Waals surface area contributed by atoms with Crippen LogP contribution in [0.3, 0.4) is 0 Å². The predicted octanol–water partition coefficient (Wildman–Crippen LogP) is 11.7. The summed E-state index contributed by atoms with van der Waals surface area (Å²) >= 11 is 0. The first kappa shape index (κ1) is 40.0. The Morgan fingerprint density at radius 1 is 0.767 bits per heavy atom. The fraction of sp³-hybridized carbons (Fsp3) is 0.921. The van der Waals surface area contributed by atoms with Gasteiger partial charge in [0.1, 0.15) is 11.3 Å². The molecule has 43 heavy (non-hydrogen) atoms. The van der Waals surface area contributed by atoms with Gasteiger partial charge in [0.15, 0.2) is 0 Å². The summed E-state index contributed by atoms with van der Waals surface area (Å²) in [6.45, 7) is 11.8. The Hall–Kier alpha value is -1.07. The van der Waals surface area contributed by atoms with Crippen LogP contribution in [-0.4, -0.2) is 46.2 Å². The first-order chi connectivity index (χ1) is 20.6. The zero-order chi connectivity index (χ0) is 31.8. The number of hydrogen-bond donors (Lipinski definition) is 1. The lowest BCUT2D eigenvalue weighted by atomic mass is 10.0. The Kier molecular flexibility index (Phi) is 22.5. The number of carbonyl (C=O) groups excluding carboxylic acids is 1. The van der Waals surface area contributed by atoms with Gasteiger partial charge in [-0.1, -0.05) is 160 Å². The maximum Gasteiger partial charge on any atom is 0.413 e. The molecule has 0 aromatic carbocycles. The number of unbranched alkanes of at least 4 members (excludes halogenated alkanes) is 23. The number of amides is 1. The van der Waals surface area contributed by atoms with E-state index in [9.17, 15) is 9.90 Å². The maximum absolute atomic E-state index is 12.8. The molecule has 0 aromatic rings. The Labute approximate surface area is 267 Å². The summed E-state index contributed by atoms with van der Waals surface area (Å²) in [5, 5.41) is 10.8. The van der Waals surface area contributed by atoms with Crippen LogP contribution >= 0.6 is 0 Å². The molecule has 1 rings (SSSR count). The van der Waals surface area contributed by atoms with Crippen molar-refractivity contribution in [1.29, 1.82) is 0 Å². The van der Waals surface area contributed by atoms with Gasteiger partial charge in [-0.2, -0.15) is 0 Å². The van der Waals surface area contributed by atoms with E-state index in [1.165, 1.54) is 141 Å². The van der Waals surface area contributed by atoms with E-state index < -0.39 is 29.6 Å². The number of nitrogens with zero attached hydrogens (tertiary/aromatic N) is 1. The molecule has 1 aliphatic heterocycles. The van der Waals surface area contributed by atoms with Gasteiger partial charge in [0.05, 0.1) is 18.8 Å². The molecule has 1 aliphatic rings. The van der Waals surface area contributed by atoms with E-state index in [1.54, 1.807) is 4.90 Å². The third-order valence-electron chi connectivity index (χ3n) is 8.81. The fourth-order valence-corrected chi connectivity index (χ4v) is 6.16. The average Bonchev–Trinajstić information content (AvgIpc) is 3.27. The molecule has 1 N–H and O–H groups in total. The zero-order valence-electron chi connectivity index (χ0n) is 29.6. The zero-order valence-corrected chi connectivity index (χ0v) is 29.6. The van der Waals surface area contributed by atoms with Crippen LogP contribution in [-0.2, 0) is 9.47 Å². The number of hydrogen-bond acceptors (Lipinski definition) is 4. The monoisotopic (exact) mass is 608 g/mol. The molecule has 0 aromatic heterocycles. The van der Waals surface area contributed by atoms with Gasteiger partial charge in [-0.05, 0) is 47.5 Å². The van der Waals surface area contributed by atoms with Crippen LogP contribution in [0.5, 0.6) is 0 Å². The average molecular weight is 608 g/mol. The van der Waals surface area contributed by atoms with Crippen molar-refractivity contribution in [2.75, 3.05) is 6.61 Å². The lowest BCUT2D eigenvalue weighted by Gasteiger charge is -2.36. The van der Waals surface area contributed by atoms with Crippen molar-refractivity contribution in [1.82, 2.24) is 4.90 Å². The number of ether oxygens (including phenoxy) is 2. The van der Waals surface area contributed by atoms with E-state index in [-0.39, 0.29) is 0 Å². The van der Waals surface area contributed by atoms with E-state index >= 15 is 0 Å². The Bertz CT molecular complexity index is 699. The molecule has 0 bridgehead atoms. The third kappa shape index (κ3) is 20.6. The highest BCUT2D eigenvalue weighted by Crippen LogP contribution is 2.31. The predicted molar refractivity (Wildman–Crippen MR) is 184 cm³/mol. The number of aliphatic hydroxyl groups excluding tert-OH is 1. The highest BCUT2D eigenvalue weighted by atomic mass is 16.6. The largest absolute Gasteiger partial charge is 0.444 e. The summed E-state index contributed by atoms with van der Waals surface area (Å²) in [6, 6.07) is -0.435. The van der Waals surface area contributed by atoms with Crippen molar-refractivity contribution in [3.63, 3.8) is 0 Å². The summed E-state index contributed by atoms with van der Waals surface area (Å²) in [7, 11) is 0. The van der Waals surface area contributed by atoms with E-state index in [4.69, 9.17) is 9.47 Å². The van der Waals surface area contributed by atoms with Gasteiger partial charge in [0.2, 0.25) is 0 Å². The van der Waals surface area contributed by atoms with E-state index in [0.717, 1.165) is 12.8 Å². The van der Waals surface area contributed by atoms with Crippen molar-refractivity contribution in [3.05, 3.63) is 12.2 Å². The maximum atomic E-state index is 12.8. The molecule has 0 aliphatic carbocycles. The minimum absolute atomic E-state index is 0.303. The molecule has 0 unspecified atom stereocenters. The number of allylic oxidation sites excluding steroid dienone is 1. The molecule has 254 valence electrons. The molecular weight excluding hydrogens is 534 g/mol. The lowest BCUT2D eigenvalue weighted by molar-refractivity contribution is -0.0661. The van der Waals surface area contributed by atoms with E-state index in [1.807, 2.05) is 40.7 Å². The molecule has 1 heterocycles. The van der Waals surface area contributed by atoms with Crippen LogP contribution in [0, 0.1) is 0 Å². The second-order valence-corrected chi connectivity index (χ2v) is 14.7. The molecule has 0 spiro atoms. The van der Waals surface area contributed by atoms with E-state index in [2.05, 4.69) is 13.0 Å². The van der Waals surface area contributed by atoms with Crippen molar-refractivity contribution in [2.45, 2.75) is 219 Å². The lowest BCUT2D eigenvalue weighted by Crippen LogP contribution is -2.53. The minimum atomic E-state index is -0.798. The van der Waals surface area contributed by atoms with E-state index in [0.29, 0.717) is 6.61 Å². The summed E-state index contributed by atoms with van der Waals surface area (Å²) in [6.07, 6.45) is 35.9. The minimum Gasteiger partial charge on any atom is -0.444 e. The topological polar surface area (TPSA) is 59.0 Å². The van der Waals surface area contributed by atoms with Crippen LogP contribution in [0.4, 0.5) is 4.79 Å². The molecule has 2 atom stereocenters. The smallest absolute Gasteiger partial charge is 0.413 e. The molecule has 0 radical (unpaired) electrons. The summed E-state index contributed by atoms with van der Waals surface area (Å²) in [5.74, 6) is 0. The second kappa shape index (κ2) is 24.2. The highest BCUT2D eigenvalue weighted by molar-refractivity contribution is 5.70. The van der Waals surface area contributed by atoms with Crippen LogP contribution in [0.1, 0.15) is 196 Å². The Balaban J connectivity index is 1.92. The van der Waals surface area contributed by atoms with Crippen molar-refractivity contribution in [2.24, 2.45) is 0 Å². The van der Waals surface area contributed by atoms with Gasteiger partial charge in [0, 0.05) is 0 Å². The SMILES string of the molecule is CCCCCCCCCCCCCCCCCCCCCCCCC/C=C/[C@@H](O)[C@@H]1COC(C)(C)N1C(=O)OC(C)(C)C. The van der Waals surface area contributed by atoms with Gasteiger partial charge in [0.25, 0.3) is 0 Å². The van der Waals surface area contributed by atoms with Crippen molar-refractivity contribution in [3.8, 4) is 0 Å². The fourth-order valence-electron chi connectivity index (χ4n) is 6.16. The highest BCUT2D eigenvalue weighted by Gasteiger charge is 2.47. The normalized spacial score (nSPS) is 17.7. The molecule has 1 amide bonds. The van der Waals surface area contributed by atoms with Crippen LogP contribution in [0.25, 0.3) is 0 Å². The molecule has 1 saturated heterocycles. The molecule has 5 nitrogen and oxygen atoms in total. The molecule has 1 fully saturated rings. The van der Waals surface area contributed by atoms with Gasteiger partial charge in [-0.25, -0.2) is 4.79 Å². The molecule has 5 heteroatoms. The molecular formula is C38H73NO4. The number of aliphatic hydroxyl groups is 1. The Morgan fingerprint density at radius 3 is 1.51 bits per heavy atom.